The number of fused-ring (bicyclic) bond motifs is 1. The maximum atomic E-state index is 3.78. The van der Waals surface area contributed by atoms with Gasteiger partial charge >= 0.3 is 0 Å². The summed E-state index contributed by atoms with van der Waals surface area (Å²) in [6, 6.07) is 9.38. The van der Waals surface area contributed by atoms with E-state index in [1.807, 2.05) is 0 Å². The Morgan fingerprint density at radius 3 is 3.05 bits per heavy atom. The summed E-state index contributed by atoms with van der Waals surface area (Å²) in [5, 5.41) is 7.31. The molecule has 0 saturated heterocycles. The Balaban J connectivity index is 1.58. The van der Waals surface area contributed by atoms with E-state index in [2.05, 4.69) is 41.0 Å². The van der Waals surface area contributed by atoms with Crippen molar-refractivity contribution in [2.75, 3.05) is 13.1 Å². The van der Waals surface area contributed by atoms with Crippen molar-refractivity contribution >= 4 is 0 Å². The van der Waals surface area contributed by atoms with Gasteiger partial charge in [-0.15, -0.1) is 0 Å². The van der Waals surface area contributed by atoms with Crippen LogP contribution in [0.2, 0.25) is 0 Å². The summed E-state index contributed by atoms with van der Waals surface area (Å²) in [4.78, 5) is 0. The first kappa shape index (κ1) is 13.8. The molecule has 0 amide bonds. The van der Waals surface area contributed by atoms with Crippen LogP contribution in [0.4, 0.5) is 0 Å². The monoisotopic (exact) mass is 270 g/mol. The van der Waals surface area contributed by atoms with Crippen LogP contribution < -0.4 is 10.6 Å². The van der Waals surface area contributed by atoms with Crippen molar-refractivity contribution in [2.24, 2.45) is 0 Å². The van der Waals surface area contributed by atoms with Crippen LogP contribution in [-0.4, -0.2) is 13.1 Å². The van der Waals surface area contributed by atoms with Crippen LogP contribution in [-0.2, 0) is 6.54 Å². The fourth-order valence-electron chi connectivity index (χ4n) is 3.41. The molecule has 1 aliphatic heterocycles. The molecule has 0 spiro atoms. The number of nitrogens with one attached hydrogen (secondary N) is 2. The Labute approximate surface area is 122 Å². The van der Waals surface area contributed by atoms with Crippen molar-refractivity contribution in [1.82, 2.24) is 10.6 Å². The smallest absolute Gasteiger partial charge is 0.0335 e. The molecular formula is C18H26N2. The van der Waals surface area contributed by atoms with Gasteiger partial charge in [0, 0.05) is 12.6 Å². The molecule has 1 heterocycles. The third-order valence-electron chi connectivity index (χ3n) is 4.58. The number of hydrogen-bond acceptors (Lipinski definition) is 2. The fraction of sp³-hybridized carbons (Fsp3) is 0.556. The van der Waals surface area contributed by atoms with Gasteiger partial charge in [0.05, 0.1) is 0 Å². The summed E-state index contributed by atoms with van der Waals surface area (Å²) < 4.78 is 0. The first-order valence-corrected chi connectivity index (χ1v) is 8.13. The Morgan fingerprint density at radius 1 is 1.20 bits per heavy atom. The van der Waals surface area contributed by atoms with Crippen molar-refractivity contribution in [3.05, 3.63) is 47.0 Å². The molecule has 3 rings (SSSR count). The zero-order valence-electron chi connectivity index (χ0n) is 12.3. The third-order valence-corrected chi connectivity index (χ3v) is 4.58. The van der Waals surface area contributed by atoms with Gasteiger partial charge in [-0.05, 0) is 62.7 Å². The molecule has 0 bridgehead atoms. The highest BCUT2D eigenvalue weighted by Crippen LogP contribution is 2.24. The summed E-state index contributed by atoms with van der Waals surface area (Å²) in [5.41, 5.74) is 4.62. The van der Waals surface area contributed by atoms with Crippen molar-refractivity contribution in [1.29, 1.82) is 0 Å². The summed E-state index contributed by atoms with van der Waals surface area (Å²) in [5.74, 6) is 0. The van der Waals surface area contributed by atoms with E-state index in [1.165, 1.54) is 49.7 Å². The van der Waals surface area contributed by atoms with Gasteiger partial charge in [-0.1, -0.05) is 35.9 Å². The molecule has 2 heteroatoms. The Morgan fingerprint density at radius 2 is 2.15 bits per heavy atom. The number of allylic oxidation sites excluding steroid dienone is 1. The average Bonchev–Trinajstić information content (AvgIpc) is 2.71. The van der Waals surface area contributed by atoms with Crippen LogP contribution in [0.15, 0.2) is 35.9 Å². The SMILES string of the molecule is C1=C(CCNC2CCNCc3ccccc32)CCCC1. The normalized spacial score (nSPS) is 22.8. The molecule has 1 unspecified atom stereocenters. The van der Waals surface area contributed by atoms with E-state index >= 15 is 0 Å². The first-order chi connectivity index (χ1) is 9.93. The second kappa shape index (κ2) is 7.05. The van der Waals surface area contributed by atoms with Crippen LogP contribution in [0.5, 0.6) is 0 Å². The molecule has 2 aliphatic rings. The zero-order valence-corrected chi connectivity index (χ0v) is 12.3. The van der Waals surface area contributed by atoms with Gasteiger partial charge in [0.2, 0.25) is 0 Å². The molecule has 1 atom stereocenters. The molecule has 108 valence electrons. The van der Waals surface area contributed by atoms with E-state index in [1.54, 1.807) is 5.57 Å². The standard InChI is InChI=1S/C18H26N2/c1-2-6-15(7-3-1)10-13-20-18-11-12-19-14-16-8-4-5-9-17(16)18/h4-6,8-9,18-20H,1-3,7,10-14H2. The molecule has 1 aliphatic carbocycles. The van der Waals surface area contributed by atoms with Crippen molar-refractivity contribution in [2.45, 2.75) is 51.1 Å². The van der Waals surface area contributed by atoms with Gasteiger partial charge in [0.1, 0.15) is 0 Å². The minimum Gasteiger partial charge on any atom is -0.313 e. The van der Waals surface area contributed by atoms with Crippen LogP contribution in [0.1, 0.15) is 55.7 Å². The van der Waals surface area contributed by atoms with Crippen molar-refractivity contribution in [3.8, 4) is 0 Å². The molecule has 0 saturated carbocycles. The highest BCUT2D eigenvalue weighted by Gasteiger charge is 2.17. The predicted molar refractivity (Wildman–Crippen MR) is 84.7 cm³/mol. The number of benzene rings is 1. The van der Waals surface area contributed by atoms with Gasteiger partial charge < -0.3 is 10.6 Å². The number of rotatable bonds is 4. The van der Waals surface area contributed by atoms with Gasteiger partial charge in [0.15, 0.2) is 0 Å². The van der Waals surface area contributed by atoms with Crippen LogP contribution in [0, 0.1) is 0 Å². The molecule has 2 nitrogen and oxygen atoms in total. The van der Waals surface area contributed by atoms with E-state index in [9.17, 15) is 0 Å². The van der Waals surface area contributed by atoms with Gasteiger partial charge in [-0.25, -0.2) is 0 Å². The maximum Gasteiger partial charge on any atom is 0.0335 e. The van der Waals surface area contributed by atoms with Crippen molar-refractivity contribution in [3.63, 3.8) is 0 Å². The zero-order chi connectivity index (χ0) is 13.6. The van der Waals surface area contributed by atoms with Gasteiger partial charge in [0.25, 0.3) is 0 Å². The minimum absolute atomic E-state index is 0.519. The molecule has 20 heavy (non-hydrogen) atoms. The second-order valence-electron chi connectivity index (χ2n) is 6.03. The van der Waals surface area contributed by atoms with E-state index < -0.39 is 0 Å². The van der Waals surface area contributed by atoms with Crippen molar-refractivity contribution < 1.29 is 0 Å². The van der Waals surface area contributed by atoms with Crippen LogP contribution >= 0.6 is 0 Å². The minimum atomic E-state index is 0.519. The fourth-order valence-corrected chi connectivity index (χ4v) is 3.41. The summed E-state index contributed by atoms with van der Waals surface area (Å²) in [6.07, 6.45) is 10.3. The quantitative estimate of drug-likeness (QED) is 0.815. The lowest BCUT2D eigenvalue weighted by atomic mass is 9.96. The van der Waals surface area contributed by atoms with Gasteiger partial charge in [-0.3, -0.25) is 0 Å². The molecule has 0 fully saturated rings. The Kier molecular flexibility index (Phi) is 4.88. The molecule has 1 aromatic rings. The molecule has 1 aromatic carbocycles. The van der Waals surface area contributed by atoms with Crippen LogP contribution in [0.3, 0.4) is 0 Å². The lowest BCUT2D eigenvalue weighted by Gasteiger charge is -2.20. The van der Waals surface area contributed by atoms with Crippen LogP contribution in [0.25, 0.3) is 0 Å². The topological polar surface area (TPSA) is 24.1 Å². The summed E-state index contributed by atoms with van der Waals surface area (Å²) >= 11 is 0. The summed E-state index contributed by atoms with van der Waals surface area (Å²) in [7, 11) is 0. The maximum absolute atomic E-state index is 3.78. The largest absolute Gasteiger partial charge is 0.313 e. The molecule has 0 radical (unpaired) electrons. The highest BCUT2D eigenvalue weighted by atomic mass is 14.9. The lowest BCUT2D eigenvalue weighted by Crippen LogP contribution is -2.24. The molecular weight excluding hydrogens is 244 g/mol. The number of hydrogen-bond donors (Lipinski definition) is 2. The van der Waals surface area contributed by atoms with E-state index in [0.29, 0.717) is 6.04 Å². The van der Waals surface area contributed by atoms with E-state index in [0.717, 1.165) is 19.6 Å². The van der Waals surface area contributed by atoms with E-state index in [4.69, 9.17) is 0 Å². The molecule has 0 aromatic heterocycles. The lowest BCUT2D eigenvalue weighted by molar-refractivity contribution is 0.494. The predicted octanol–water partition coefficient (Wildman–Crippen LogP) is 3.70. The first-order valence-electron chi connectivity index (χ1n) is 8.13. The van der Waals surface area contributed by atoms with E-state index in [-0.39, 0.29) is 0 Å². The molecule has 2 N–H and O–H groups in total. The third kappa shape index (κ3) is 3.50. The Hall–Kier alpha value is -1.12. The Bertz CT molecular complexity index is 464. The summed E-state index contributed by atoms with van der Waals surface area (Å²) in [6.45, 7) is 3.24. The highest BCUT2D eigenvalue weighted by molar-refractivity contribution is 5.31. The van der Waals surface area contributed by atoms with Gasteiger partial charge in [-0.2, -0.15) is 0 Å². The average molecular weight is 270 g/mol. The second-order valence-corrected chi connectivity index (χ2v) is 6.03.